The first kappa shape index (κ1) is 16.4. The fourth-order valence-electron chi connectivity index (χ4n) is 3.50. The number of nitrogens with one attached hydrogen (secondary N) is 1. The summed E-state index contributed by atoms with van der Waals surface area (Å²) in [6, 6.07) is 0. The molecule has 1 fully saturated rings. The van der Waals surface area contributed by atoms with E-state index in [1.165, 1.54) is 11.8 Å². The average Bonchev–Trinajstić information content (AvgIpc) is 2.52. The molecule has 23 heavy (non-hydrogen) atoms. The van der Waals surface area contributed by atoms with Gasteiger partial charge in [-0.25, -0.2) is 17.7 Å². The number of nitrogens with two attached hydrogens (primary N) is 1. The number of nitrogen functional groups attached to an aromatic ring is 1. The maximum Gasteiger partial charge on any atom is 0.222 e. The first-order valence-electron chi connectivity index (χ1n) is 8.28. The van der Waals surface area contributed by atoms with Gasteiger partial charge in [-0.05, 0) is 44.4 Å². The number of hydrogen-bond donors (Lipinski definition) is 2. The molecule has 8 heteroatoms. The molecule has 7 nitrogen and oxygen atoms in total. The number of sulfonamides is 1. The third-order valence-corrected chi connectivity index (χ3v) is 5.98. The Balaban J connectivity index is 1.68. The first-order valence-corrected chi connectivity index (χ1v) is 10.1. The maximum atomic E-state index is 11.7. The predicted molar refractivity (Wildman–Crippen MR) is 90.7 cm³/mol. The Bertz CT molecular complexity index is 677. The lowest BCUT2D eigenvalue weighted by atomic mass is 9.96. The number of fused-ring (bicyclic) bond motifs is 1. The summed E-state index contributed by atoms with van der Waals surface area (Å²) < 4.78 is 25.0. The normalized spacial score (nSPS) is 22.6. The van der Waals surface area contributed by atoms with Crippen LogP contribution in [0.25, 0.3) is 0 Å². The Kier molecular flexibility index (Phi) is 4.72. The largest absolute Gasteiger partial charge is 0.369 e. The smallest absolute Gasteiger partial charge is 0.222 e. The number of hydrogen-bond acceptors (Lipinski definition) is 6. The Hall–Kier alpha value is -1.41. The van der Waals surface area contributed by atoms with Gasteiger partial charge in [0.05, 0.1) is 11.9 Å². The second-order valence-corrected chi connectivity index (χ2v) is 8.56. The summed E-state index contributed by atoms with van der Waals surface area (Å²) in [7, 11) is -3.10. The van der Waals surface area contributed by atoms with Crippen molar-refractivity contribution in [3.8, 4) is 0 Å². The summed E-state index contributed by atoms with van der Waals surface area (Å²) in [5, 5.41) is 3.40. The number of piperidine rings is 1. The van der Waals surface area contributed by atoms with E-state index in [1.54, 1.807) is 4.31 Å². The highest BCUT2D eigenvalue weighted by Gasteiger charge is 2.26. The minimum absolute atomic E-state index is 0.300. The van der Waals surface area contributed by atoms with Crippen molar-refractivity contribution in [1.29, 1.82) is 0 Å². The zero-order valence-corrected chi connectivity index (χ0v) is 14.4. The zero-order chi connectivity index (χ0) is 16.4. The molecule has 0 aromatic carbocycles. The van der Waals surface area contributed by atoms with Crippen LogP contribution in [0, 0.1) is 5.92 Å². The highest BCUT2D eigenvalue weighted by Crippen LogP contribution is 2.27. The van der Waals surface area contributed by atoms with Crippen molar-refractivity contribution < 1.29 is 8.42 Å². The molecule has 0 radical (unpaired) electrons. The maximum absolute atomic E-state index is 11.7. The van der Waals surface area contributed by atoms with Gasteiger partial charge in [0.2, 0.25) is 16.0 Å². The van der Waals surface area contributed by atoms with Gasteiger partial charge in [-0.15, -0.1) is 0 Å². The summed E-state index contributed by atoms with van der Waals surface area (Å²) >= 11 is 0. The van der Waals surface area contributed by atoms with Crippen LogP contribution in [0.1, 0.15) is 36.9 Å². The van der Waals surface area contributed by atoms with Gasteiger partial charge in [-0.2, -0.15) is 4.98 Å². The highest BCUT2D eigenvalue weighted by molar-refractivity contribution is 7.88. The minimum Gasteiger partial charge on any atom is -0.369 e. The molecule has 1 aromatic heterocycles. The van der Waals surface area contributed by atoms with Crippen LogP contribution in [0.5, 0.6) is 0 Å². The average molecular weight is 339 g/mol. The van der Waals surface area contributed by atoms with Gasteiger partial charge in [0.25, 0.3) is 0 Å². The molecule has 3 N–H and O–H groups in total. The van der Waals surface area contributed by atoms with Crippen LogP contribution in [-0.2, 0) is 22.9 Å². The highest BCUT2D eigenvalue weighted by atomic mass is 32.2. The minimum atomic E-state index is -3.10. The van der Waals surface area contributed by atoms with E-state index in [4.69, 9.17) is 5.73 Å². The lowest BCUT2D eigenvalue weighted by molar-refractivity contribution is 0.276. The summed E-state index contributed by atoms with van der Waals surface area (Å²) in [5.41, 5.74) is 8.07. The van der Waals surface area contributed by atoms with Gasteiger partial charge in [0.15, 0.2) is 0 Å². The van der Waals surface area contributed by atoms with Gasteiger partial charge >= 0.3 is 0 Å². The third kappa shape index (κ3) is 3.92. The van der Waals surface area contributed by atoms with E-state index in [1.807, 2.05) is 0 Å². The van der Waals surface area contributed by atoms with Crippen LogP contribution < -0.4 is 11.1 Å². The van der Waals surface area contributed by atoms with Gasteiger partial charge in [0, 0.05) is 25.2 Å². The number of aryl methyl sites for hydroxylation is 1. The van der Waals surface area contributed by atoms with Gasteiger partial charge < -0.3 is 11.1 Å². The number of aromatic nitrogens is 2. The molecule has 0 bridgehead atoms. The Morgan fingerprint density at radius 2 is 2.04 bits per heavy atom. The van der Waals surface area contributed by atoms with Crippen molar-refractivity contribution in [2.24, 2.45) is 5.92 Å². The van der Waals surface area contributed by atoms with Gasteiger partial charge in [-0.3, -0.25) is 0 Å². The van der Waals surface area contributed by atoms with E-state index in [0.29, 0.717) is 25.0 Å². The predicted octanol–water partition coefficient (Wildman–Crippen LogP) is 1.02. The standard InChI is InChI=1S/C15H25N5O2S/c1-23(21,22)20-8-4-5-11(10-20)9-17-14-12-6-2-3-7-13(12)18-15(16)19-14/h11H,2-10H2,1H3,(H3,16,17,18,19). The Morgan fingerprint density at radius 3 is 2.83 bits per heavy atom. The Labute approximate surface area is 137 Å². The number of rotatable bonds is 4. The molecule has 0 spiro atoms. The molecule has 1 aliphatic heterocycles. The van der Waals surface area contributed by atoms with E-state index >= 15 is 0 Å². The second kappa shape index (κ2) is 6.60. The third-order valence-electron chi connectivity index (χ3n) is 4.71. The molecule has 2 aliphatic rings. The van der Waals surface area contributed by atoms with Crippen LogP contribution in [0.4, 0.5) is 11.8 Å². The van der Waals surface area contributed by atoms with Crippen molar-refractivity contribution in [2.45, 2.75) is 38.5 Å². The zero-order valence-electron chi connectivity index (χ0n) is 13.6. The van der Waals surface area contributed by atoms with Crippen molar-refractivity contribution in [3.05, 3.63) is 11.3 Å². The fraction of sp³-hybridized carbons (Fsp3) is 0.733. The number of nitrogens with zero attached hydrogens (tertiary/aromatic N) is 3. The summed E-state index contributed by atoms with van der Waals surface area (Å²) in [6.07, 6.45) is 7.46. The van der Waals surface area contributed by atoms with Crippen molar-refractivity contribution >= 4 is 21.8 Å². The van der Waals surface area contributed by atoms with E-state index in [2.05, 4.69) is 15.3 Å². The molecule has 1 atom stereocenters. The molecule has 1 saturated heterocycles. The molecule has 0 saturated carbocycles. The van der Waals surface area contributed by atoms with E-state index in [-0.39, 0.29) is 0 Å². The monoisotopic (exact) mass is 339 g/mol. The topological polar surface area (TPSA) is 101 Å². The van der Waals surface area contributed by atoms with E-state index in [0.717, 1.165) is 56.6 Å². The van der Waals surface area contributed by atoms with Gasteiger partial charge in [-0.1, -0.05) is 0 Å². The van der Waals surface area contributed by atoms with E-state index < -0.39 is 10.0 Å². The number of anilines is 2. The summed E-state index contributed by atoms with van der Waals surface area (Å²) in [5.74, 6) is 1.45. The van der Waals surface area contributed by atoms with Crippen LogP contribution >= 0.6 is 0 Å². The lowest BCUT2D eigenvalue weighted by Crippen LogP contribution is -2.41. The van der Waals surface area contributed by atoms with Gasteiger partial charge in [0.1, 0.15) is 5.82 Å². The van der Waals surface area contributed by atoms with Crippen molar-refractivity contribution in [3.63, 3.8) is 0 Å². The molecular formula is C15H25N5O2S. The quantitative estimate of drug-likeness (QED) is 0.849. The molecule has 2 heterocycles. The summed E-state index contributed by atoms with van der Waals surface area (Å²) in [4.78, 5) is 8.71. The molecule has 1 unspecified atom stereocenters. The molecule has 1 aromatic rings. The molecule has 3 rings (SSSR count). The molecular weight excluding hydrogens is 314 g/mol. The second-order valence-electron chi connectivity index (χ2n) is 6.57. The molecule has 0 amide bonds. The lowest BCUT2D eigenvalue weighted by Gasteiger charge is -2.31. The molecule has 128 valence electrons. The SMILES string of the molecule is CS(=O)(=O)N1CCCC(CNc2nc(N)nc3c2CCCC3)C1. The summed E-state index contributed by atoms with van der Waals surface area (Å²) in [6.45, 7) is 1.93. The van der Waals surface area contributed by atoms with Crippen LogP contribution in [-0.4, -0.2) is 48.6 Å². The van der Waals surface area contributed by atoms with Crippen molar-refractivity contribution in [1.82, 2.24) is 14.3 Å². The Morgan fingerprint density at radius 1 is 1.26 bits per heavy atom. The fourth-order valence-corrected chi connectivity index (χ4v) is 4.44. The van der Waals surface area contributed by atoms with Crippen LogP contribution in [0.3, 0.4) is 0 Å². The first-order chi connectivity index (χ1) is 10.9. The van der Waals surface area contributed by atoms with Crippen LogP contribution in [0.2, 0.25) is 0 Å². The van der Waals surface area contributed by atoms with Crippen molar-refractivity contribution in [2.75, 3.05) is 36.9 Å². The van der Waals surface area contributed by atoms with E-state index in [9.17, 15) is 8.42 Å². The van der Waals surface area contributed by atoms with Crippen LogP contribution in [0.15, 0.2) is 0 Å². The molecule has 1 aliphatic carbocycles.